The van der Waals surface area contributed by atoms with Gasteiger partial charge in [0.2, 0.25) is 0 Å². The molecular formula is C12H22N4O2. The SMILES string of the molecule is CC1(C)[C@H]2CC[C@@]1(C)[C@@H](NC(N)=O)[C@@H]2NC(N)=O. The van der Waals surface area contributed by atoms with Gasteiger partial charge in [0.25, 0.3) is 0 Å². The normalized spacial score (nSPS) is 40.5. The van der Waals surface area contributed by atoms with Crippen LogP contribution in [0.4, 0.5) is 9.59 Å². The molecule has 2 fully saturated rings. The third-order valence-corrected chi connectivity index (χ3v) is 5.46. The highest BCUT2D eigenvalue weighted by Crippen LogP contribution is 2.65. The Labute approximate surface area is 107 Å². The van der Waals surface area contributed by atoms with Crippen molar-refractivity contribution in [1.29, 1.82) is 0 Å². The van der Waals surface area contributed by atoms with Crippen LogP contribution in [0.25, 0.3) is 0 Å². The van der Waals surface area contributed by atoms with Crippen molar-refractivity contribution in [2.75, 3.05) is 0 Å². The summed E-state index contributed by atoms with van der Waals surface area (Å²) < 4.78 is 0. The van der Waals surface area contributed by atoms with Gasteiger partial charge in [-0.25, -0.2) is 9.59 Å². The van der Waals surface area contributed by atoms with Crippen molar-refractivity contribution in [2.24, 2.45) is 28.2 Å². The molecule has 2 rings (SSSR count). The number of primary amides is 2. The largest absolute Gasteiger partial charge is 0.352 e. The molecule has 4 amide bonds. The molecule has 0 unspecified atom stereocenters. The van der Waals surface area contributed by atoms with Gasteiger partial charge in [-0.1, -0.05) is 20.8 Å². The molecule has 2 aliphatic carbocycles. The summed E-state index contributed by atoms with van der Waals surface area (Å²) in [5.41, 5.74) is 10.5. The Kier molecular flexibility index (Phi) is 2.72. The molecule has 0 aromatic rings. The van der Waals surface area contributed by atoms with Crippen molar-refractivity contribution < 1.29 is 9.59 Å². The molecule has 0 radical (unpaired) electrons. The summed E-state index contributed by atoms with van der Waals surface area (Å²) in [4.78, 5) is 22.3. The van der Waals surface area contributed by atoms with Crippen LogP contribution in [-0.4, -0.2) is 24.1 Å². The van der Waals surface area contributed by atoms with E-state index < -0.39 is 12.1 Å². The molecular weight excluding hydrogens is 232 g/mol. The van der Waals surface area contributed by atoms with E-state index in [-0.39, 0.29) is 22.9 Å². The van der Waals surface area contributed by atoms with Crippen LogP contribution in [0.15, 0.2) is 0 Å². The van der Waals surface area contributed by atoms with E-state index in [9.17, 15) is 9.59 Å². The highest BCUT2D eigenvalue weighted by molar-refractivity contribution is 5.74. The van der Waals surface area contributed by atoms with E-state index in [2.05, 4.69) is 31.4 Å². The zero-order chi connectivity index (χ0) is 13.7. The molecule has 6 N–H and O–H groups in total. The Balaban J connectivity index is 2.34. The minimum absolute atomic E-state index is 0.0350. The molecule has 4 atom stereocenters. The summed E-state index contributed by atoms with van der Waals surface area (Å²) in [7, 11) is 0. The summed E-state index contributed by atoms with van der Waals surface area (Å²) in [6.45, 7) is 6.52. The van der Waals surface area contributed by atoms with E-state index in [0.29, 0.717) is 5.92 Å². The van der Waals surface area contributed by atoms with Crippen LogP contribution in [-0.2, 0) is 0 Å². The first-order chi connectivity index (χ1) is 8.20. The van der Waals surface area contributed by atoms with Gasteiger partial charge in [-0.3, -0.25) is 0 Å². The Bertz CT molecular complexity index is 396. The van der Waals surface area contributed by atoms with Crippen molar-refractivity contribution in [3.8, 4) is 0 Å². The van der Waals surface area contributed by atoms with E-state index >= 15 is 0 Å². The molecule has 0 aliphatic heterocycles. The minimum atomic E-state index is -0.555. The molecule has 2 bridgehead atoms. The van der Waals surface area contributed by atoms with Gasteiger partial charge >= 0.3 is 12.1 Å². The summed E-state index contributed by atoms with van der Waals surface area (Å²) in [5.74, 6) is 0.312. The lowest BCUT2D eigenvalue weighted by molar-refractivity contribution is 0.123. The molecule has 0 heterocycles. The van der Waals surface area contributed by atoms with Crippen molar-refractivity contribution in [1.82, 2.24) is 10.6 Å². The average Bonchev–Trinajstić information content (AvgIpc) is 2.50. The number of nitrogens with two attached hydrogens (primary N) is 2. The maximum atomic E-state index is 11.2. The van der Waals surface area contributed by atoms with Gasteiger partial charge in [-0.05, 0) is 29.6 Å². The lowest BCUT2D eigenvalue weighted by Gasteiger charge is -2.40. The summed E-state index contributed by atoms with van der Waals surface area (Å²) in [6, 6.07) is -1.40. The first-order valence-corrected chi connectivity index (χ1v) is 6.32. The monoisotopic (exact) mass is 254 g/mol. The zero-order valence-corrected chi connectivity index (χ0v) is 11.1. The molecule has 18 heavy (non-hydrogen) atoms. The Hall–Kier alpha value is -1.46. The minimum Gasteiger partial charge on any atom is -0.352 e. The number of fused-ring (bicyclic) bond motifs is 2. The van der Waals surface area contributed by atoms with Crippen LogP contribution in [0.2, 0.25) is 0 Å². The van der Waals surface area contributed by atoms with Crippen LogP contribution < -0.4 is 22.1 Å². The van der Waals surface area contributed by atoms with Crippen molar-refractivity contribution >= 4 is 12.1 Å². The van der Waals surface area contributed by atoms with Crippen LogP contribution in [0.3, 0.4) is 0 Å². The van der Waals surface area contributed by atoms with E-state index in [1.807, 2.05) is 0 Å². The van der Waals surface area contributed by atoms with Gasteiger partial charge in [0, 0.05) is 0 Å². The predicted octanol–water partition coefficient (Wildman–Crippen LogP) is 0.516. The second-order valence-corrected chi connectivity index (χ2v) is 6.30. The van der Waals surface area contributed by atoms with Gasteiger partial charge in [-0.15, -0.1) is 0 Å². The van der Waals surface area contributed by atoms with Crippen LogP contribution in [0.1, 0.15) is 33.6 Å². The molecule has 0 spiro atoms. The van der Waals surface area contributed by atoms with E-state index in [0.717, 1.165) is 12.8 Å². The molecule has 2 aliphatic rings. The van der Waals surface area contributed by atoms with Crippen molar-refractivity contribution in [2.45, 2.75) is 45.7 Å². The Morgan fingerprint density at radius 2 is 1.67 bits per heavy atom. The number of urea groups is 2. The standard InChI is InChI=1S/C12H22N4O2/c1-11(2)6-4-5-12(11,3)8(16-10(14)18)7(6)15-9(13)17/h6-8H,4-5H2,1-3H3,(H3,13,15,17)(H3,14,16,18)/t6-,7+,8-,12-/m0/s1. The molecule has 0 aromatic heterocycles. The highest BCUT2D eigenvalue weighted by atomic mass is 16.2. The number of rotatable bonds is 2. The van der Waals surface area contributed by atoms with E-state index in [4.69, 9.17) is 11.5 Å². The molecule has 0 saturated heterocycles. The van der Waals surface area contributed by atoms with Crippen molar-refractivity contribution in [3.63, 3.8) is 0 Å². The van der Waals surface area contributed by atoms with Gasteiger partial charge in [-0.2, -0.15) is 0 Å². The predicted molar refractivity (Wildman–Crippen MR) is 67.6 cm³/mol. The number of carbonyl (C=O) groups excluding carboxylic acids is 2. The maximum Gasteiger partial charge on any atom is 0.312 e. The molecule has 102 valence electrons. The third kappa shape index (κ3) is 1.54. The maximum absolute atomic E-state index is 11.2. The average molecular weight is 254 g/mol. The zero-order valence-electron chi connectivity index (χ0n) is 11.1. The number of hydrogen-bond donors (Lipinski definition) is 4. The lowest BCUT2D eigenvalue weighted by atomic mass is 9.69. The Morgan fingerprint density at radius 1 is 1.11 bits per heavy atom. The van der Waals surface area contributed by atoms with Gasteiger partial charge in [0.1, 0.15) is 0 Å². The lowest BCUT2D eigenvalue weighted by Crippen LogP contribution is -2.59. The summed E-state index contributed by atoms with van der Waals surface area (Å²) in [6.07, 6.45) is 2.05. The van der Waals surface area contributed by atoms with Crippen LogP contribution >= 0.6 is 0 Å². The summed E-state index contributed by atoms with van der Waals surface area (Å²) in [5, 5.41) is 5.57. The number of amides is 4. The second-order valence-electron chi connectivity index (χ2n) is 6.30. The van der Waals surface area contributed by atoms with Gasteiger partial charge in [0.15, 0.2) is 0 Å². The topological polar surface area (TPSA) is 110 Å². The second kappa shape index (κ2) is 3.76. The molecule has 2 saturated carbocycles. The quantitative estimate of drug-likeness (QED) is 0.576. The van der Waals surface area contributed by atoms with Gasteiger partial charge < -0.3 is 22.1 Å². The molecule has 0 aromatic carbocycles. The smallest absolute Gasteiger partial charge is 0.312 e. The van der Waals surface area contributed by atoms with E-state index in [1.165, 1.54) is 0 Å². The molecule has 6 nitrogen and oxygen atoms in total. The highest BCUT2D eigenvalue weighted by Gasteiger charge is 2.66. The Morgan fingerprint density at radius 3 is 2.17 bits per heavy atom. The van der Waals surface area contributed by atoms with Crippen LogP contribution in [0, 0.1) is 16.7 Å². The van der Waals surface area contributed by atoms with Gasteiger partial charge in [0.05, 0.1) is 12.1 Å². The van der Waals surface area contributed by atoms with E-state index in [1.54, 1.807) is 0 Å². The number of hydrogen-bond acceptors (Lipinski definition) is 2. The fourth-order valence-electron chi connectivity index (χ4n) is 4.13. The number of nitrogens with one attached hydrogen (secondary N) is 2. The fraction of sp³-hybridized carbons (Fsp3) is 0.833. The fourth-order valence-corrected chi connectivity index (χ4v) is 4.13. The first kappa shape index (κ1) is 13.0. The first-order valence-electron chi connectivity index (χ1n) is 6.32. The molecule has 6 heteroatoms. The van der Waals surface area contributed by atoms with Crippen LogP contribution in [0.5, 0.6) is 0 Å². The third-order valence-electron chi connectivity index (χ3n) is 5.46. The summed E-state index contributed by atoms with van der Waals surface area (Å²) >= 11 is 0. The number of carbonyl (C=O) groups is 2. The van der Waals surface area contributed by atoms with Crippen molar-refractivity contribution in [3.05, 3.63) is 0 Å².